The number of carbonyl (C=O) groups excluding carboxylic acids is 1. The number of aliphatic hydroxyl groups is 7. The Morgan fingerprint density at radius 1 is 0.374 bits per heavy atom. The van der Waals surface area contributed by atoms with Crippen molar-refractivity contribution >= 4 is 5.91 Å². The van der Waals surface area contributed by atoms with Crippen molar-refractivity contribution in [2.75, 3.05) is 13.2 Å². The van der Waals surface area contributed by atoms with Gasteiger partial charge in [-0.1, -0.05) is 385 Å². The normalized spacial score (nSPS) is 18.5. The Labute approximate surface area is 563 Å². The van der Waals surface area contributed by atoms with Gasteiger partial charge in [-0.25, -0.2) is 0 Å². The van der Waals surface area contributed by atoms with E-state index >= 15 is 0 Å². The number of hydrogen-bond acceptors (Lipinski definition) is 10. The average molecular weight is 1290 g/mol. The molecule has 0 radical (unpaired) electrons. The zero-order valence-electron chi connectivity index (χ0n) is 60.1. The third kappa shape index (κ3) is 55.3. The van der Waals surface area contributed by atoms with Crippen LogP contribution in [0.15, 0.2) is 24.3 Å². The van der Waals surface area contributed by atoms with Crippen LogP contribution in [0.1, 0.15) is 412 Å². The molecule has 0 spiro atoms. The third-order valence-electron chi connectivity index (χ3n) is 19.7. The van der Waals surface area contributed by atoms with Gasteiger partial charge in [0.15, 0.2) is 6.29 Å². The van der Waals surface area contributed by atoms with Gasteiger partial charge >= 0.3 is 0 Å². The van der Waals surface area contributed by atoms with Crippen molar-refractivity contribution in [2.24, 2.45) is 0 Å². The van der Waals surface area contributed by atoms with E-state index in [-0.39, 0.29) is 12.8 Å². The third-order valence-corrected chi connectivity index (χ3v) is 19.7. The number of ether oxygens (including phenoxy) is 2. The van der Waals surface area contributed by atoms with E-state index in [4.69, 9.17) is 9.47 Å². The molecule has 1 heterocycles. The average Bonchev–Trinajstić information content (AvgIpc) is 1.21. The molecule has 11 nitrogen and oxygen atoms in total. The summed E-state index contributed by atoms with van der Waals surface area (Å²) in [6.07, 6.45) is 77.4. The molecule has 9 atom stereocenters. The van der Waals surface area contributed by atoms with Crippen molar-refractivity contribution < 1.29 is 50.0 Å². The minimum atomic E-state index is -1.67. The van der Waals surface area contributed by atoms with E-state index in [0.717, 1.165) is 38.5 Å². The number of carbonyl (C=O) groups is 1. The molecule has 0 aromatic rings. The van der Waals surface area contributed by atoms with Crippen LogP contribution < -0.4 is 5.32 Å². The fraction of sp³-hybridized carbons (Fsp3) is 0.938. The Kier molecular flexibility index (Phi) is 66.0. The van der Waals surface area contributed by atoms with Gasteiger partial charge in [0.25, 0.3) is 0 Å². The number of hydrogen-bond donors (Lipinski definition) is 8. The second kappa shape index (κ2) is 68.5. The molecular weight excluding hydrogens is 1130 g/mol. The van der Waals surface area contributed by atoms with Crippen molar-refractivity contribution in [3.8, 4) is 0 Å². The first-order valence-electron chi connectivity index (χ1n) is 40.2. The van der Waals surface area contributed by atoms with Crippen LogP contribution >= 0.6 is 0 Å². The maximum absolute atomic E-state index is 13.3. The summed E-state index contributed by atoms with van der Waals surface area (Å²) < 4.78 is 11.2. The van der Waals surface area contributed by atoms with Crippen molar-refractivity contribution in [2.45, 2.75) is 467 Å². The van der Waals surface area contributed by atoms with Gasteiger partial charge in [0.05, 0.1) is 25.4 Å². The Hall–Kier alpha value is -1.41. The van der Waals surface area contributed by atoms with E-state index in [0.29, 0.717) is 19.3 Å². The molecule has 1 saturated heterocycles. The van der Waals surface area contributed by atoms with Gasteiger partial charge in [-0.15, -0.1) is 0 Å². The molecule has 0 bridgehead atoms. The van der Waals surface area contributed by atoms with Crippen LogP contribution in [0.5, 0.6) is 0 Å². The molecule has 1 aliphatic heterocycles. The van der Waals surface area contributed by atoms with Crippen LogP contribution in [-0.2, 0) is 14.3 Å². The van der Waals surface area contributed by atoms with Crippen LogP contribution in [0.3, 0.4) is 0 Å². The van der Waals surface area contributed by atoms with Gasteiger partial charge in [-0.05, 0) is 51.4 Å². The SMILES string of the molecule is CCCCCCCCCCCCCCCCCCCCCCC/C=C/CC/C=C/CCCC(O)C(O)C(COC1OC(CO)C(O)C(O)C1O)NC(=O)C(O)CCCCCCCCCCCCCCCCCCCCCCCCCCCCCCCCCCCC. The van der Waals surface area contributed by atoms with E-state index in [1.54, 1.807) is 0 Å². The fourth-order valence-electron chi connectivity index (χ4n) is 13.3. The van der Waals surface area contributed by atoms with Crippen molar-refractivity contribution in [3.63, 3.8) is 0 Å². The highest BCUT2D eigenvalue weighted by molar-refractivity contribution is 5.80. The largest absolute Gasteiger partial charge is 0.394 e. The van der Waals surface area contributed by atoms with Crippen LogP contribution in [0.2, 0.25) is 0 Å². The molecule has 1 fully saturated rings. The predicted octanol–water partition coefficient (Wildman–Crippen LogP) is 20.7. The van der Waals surface area contributed by atoms with Crippen molar-refractivity contribution in [1.82, 2.24) is 5.32 Å². The molecule has 1 amide bonds. The lowest BCUT2D eigenvalue weighted by atomic mass is 9.98. The lowest BCUT2D eigenvalue weighted by molar-refractivity contribution is -0.303. The first kappa shape index (κ1) is 87.6. The molecule has 0 aliphatic carbocycles. The van der Waals surface area contributed by atoms with Gasteiger partial charge in [-0.2, -0.15) is 0 Å². The van der Waals surface area contributed by atoms with Crippen molar-refractivity contribution in [1.29, 1.82) is 0 Å². The summed E-state index contributed by atoms with van der Waals surface area (Å²) >= 11 is 0. The molecule has 1 rings (SSSR count). The first-order chi connectivity index (χ1) is 44.7. The van der Waals surface area contributed by atoms with Gasteiger partial charge in [0, 0.05) is 0 Å². The Morgan fingerprint density at radius 2 is 0.659 bits per heavy atom. The highest BCUT2D eigenvalue weighted by atomic mass is 16.7. The molecule has 0 aromatic carbocycles. The second-order valence-corrected chi connectivity index (χ2v) is 28.5. The van der Waals surface area contributed by atoms with E-state index in [9.17, 15) is 40.5 Å². The number of rotatable bonds is 72. The summed E-state index contributed by atoms with van der Waals surface area (Å²) in [6.45, 7) is 3.51. The molecule has 540 valence electrons. The van der Waals surface area contributed by atoms with Crippen molar-refractivity contribution in [3.05, 3.63) is 24.3 Å². The molecule has 0 saturated carbocycles. The molecule has 9 unspecified atom stereocenters. The number of aliphatic hydroxyl groups excluding tert-OH is 7. The number of unbranched alkanes of at least 4 members (excludes halogenated alkanes) is 56. The zero-order valence-corrected chi connectivity index (χ0v) is 60.1. The highest BCUT2D eigenvalue weighted by Gasteiger charge is 2.44. The summed E-state index contributed by atoms with van der Waals surface area (Å²) in [7, 11) is 0. The van der Waals surface area contributed by atoms with E-state index in [2.05, 4.69) is 43.5 Å². The van der Waals surface area contributed by atoms with Gasteiger partial charge < -0.3 is 50.5 Å². The maximum atomic E-state index is 13.3. The van der Waals surface area contributed by atoms with E-state index in [1.165, 1.54) is 327 Å². The minimum Gasteiger partial charge on any atom is -0.394 e. The number of allylic oxidation sites excluding steroid dienone is 4. The first-order valence-corrected chi connectivity index (χ1v) is 40.2. The summed E-state index contributed by atoms with van der Waals surface area (Å²) in [5.74, 6) is -0.701. The molecule has 8 N–H and O–H groups in total. The van der Waals surface area contributed by atoms with Gasteiger partial charge in [0.1, 0.15) is 36.6 Å². The zero-order chi connectivity index (χ0) is 66.0. The maximum Gasteiger partial charge on any atom is 0.249 e. The smallest absolute Gasteiger partial charge is 0.249 e. The molecular formula is C80H155NO10. The van der Waals surface area contributed by atoms with E-state index in [1.807, 2.05) is 0 Å². The summed E-state index contributed by atoms with van der Waals surface area (Å²) in [4.78, 5) is 13.3. The summed E-state index contributed by atoms with van der Waals surface area (Å²) in [6, 6.07) is -1.19. The standard InChI is InChI=1S/C80H155NO10/c1-3-5-7-9-11-13-15-17-19-21-23-25-27-29-31-33-35-36-37-38-40-42-44-46-48-50-52-54-56-58-60-62-64-66-68-73(84)79(89)81-71(70-90-80-78(88)77(87)76(86)74(69-82)91-80)75(85)72(83)67-65-63-61-59-57-55-53-51-49-47-45-43-41-39-34-32-30-28-26-24-22-20-18-16-14-12-10-8-6-4-2/h51,53,59,61,71-78,80,82-88H,3-50,52,54-58,60,62-70H2,1-2H3,(H,81,89)/b53-51+,61-59+. The quantitative estimate of drug-likeness (QED) is 0.0215. The van der Waals surface area contributed by atoms with Crippen LogP contribution in [0.4, 0.5) is 0 Å². The second-order valence-electron chi connectivity index (χ2n) is 28.5. The van der Waals surface area contributed by atoms with Crippen LogP contribution in [0, 0.1) is 0 Å². The van der Waals surface area contributed by atoms with Crippen LogP contribution in [-0.4, -0.2) is 110 Å². The summed E-state index contributed by atoms with van der Waals surface area (Å²) in [5, 5.41) is 76.7. The van der Waals surface area contributed by atoms with Gasteiger partial charge in [-0.3, -0.25) is 4.79 Å². The lowest BCUT2D eigenvalue weighted by Crippen LogP contribution is -2.60. The minimum absolute atomic E-state index is 0.250. The Balaban J connectivity index is 2.14. The Bertz CT molecular complexity index is 1530. The van der Waals surface area contributed by atoms with Crippen LogP contribution in [0.25, 0.3) is 0 Å². The molecule has 11 heteroatoms. The van der Waals surface area contributed by atoms with E-state index < -0.39 is 74.2 Å². The topological polar surface area (TPSA) is 189 Å². The fourth-order valence-corrected chi connectivity index (χ4v) is 13.3. The molecule has 0 aromatic heterocycles. The number of amides is 1. The van der Waals surface area contributed by atoms with Gasteiger partial charge in [0.2, 0.25) is 5.91 Å². The number of nitrogens with one attached hydrogen (secondary N) is 1. The Morgan fingerprint density at radius 3 is 0.978 bits per heavy atom. The molecule has 91 heavy (non-hydrogen) atoms. The lowest BCUT2D eigenvalue weighted by Gasteiger charge is -2.40. The summed E-state index contributed by atoms with van der Waals surface area (Å²) in [5.41, 5.74) is 0. The monoisotopic (exact) mass is 1290 g/mol. The molecule has 1 aliphatic rings. The predicted molar refractivity (Wildman–Crippen MR) is 386 cm³/mol. The highest BCUT2D eigenvalue weighted by Crippen LogP contribution is 2.24.